The minimum atomic E-state index is -3.61. The molecule has 1 fully saturated rings. The Bertz CT molecular complexity index is 1170. The maximum absolute atomic E-state index is 13.3. The van der Waals surface area contributed by atoms with E-state index in [-0.39, 0.29) is 16.8 Å². The molecule has 4 rings (SSSR count). The number of rotatable bonds is 8. The predicted molar refractivity (Wildman–Crippen MR) is 131 cm³/mol. The van der Waals surface area contributed by atoms with Gasteiger partial charge in [-0.1, -0.05) is 42.7 Å². The van der Waals surface area contributed by atoms with Crippen LogP contribution in [-0.2, 0) is 14.8 Å². The Labute approximate surface area is 199 Å². The molecule has 1 heterocycles. The second kappa shape index (κ2) is 10.3. The molecule has 0 spiro atoms. The Morgan fingerprint density at radius 3 is 2.45 bits per heavy atom. The summed E-state index contributed by atoms with van der Waals surface area (Å²) in [5.41, 5.74) is 1.24. The third kappa shape index (κ3) is 5.11. The van der Waals surface area contributed by atoms with Crippen LogP contribution in [0.5, 0.6) is 0 Å². The first-order chi connectivity index (χ1) is 15.9. The van der Waals surface area contributed by atoms with Crippen LogP contribution >= 0.6 is 11.3 Å². The molecule has 1 amide bonds. The molecule has 1 aromatic heterocycles. The second-order valence-electron chi connectivity index (χ2n) is 8.25. The van der Waals surface area contributed by atoms with Gasteiger partial charge in [0.2, 0.25) is 10.0 Å². The largest absolute Gasteiger partial charge is 0.383 e. The highest BCUT2D eigenvalue weighted by Gasteiger charge is 2.29. The Balaban J connectivity index is 1.57. The van der Waals surface area contributed by atoms with Crippen molar-refractivity contribution in [3.05, 3.63) is 54.1 Å². The zero-order valence-electron chi connectivity index (χ0n) is 18.9. The van der Waals surface area contributed by atoms with Crippen molar-refractivity contribution in [2.75, 3.05) is 32.2 Å². The van der Waals surface area contributed by atoms with Gasteiger partial charge in [0, 0.05) is 25.8 Å². The summed E-state index contributed by atoms with van der Waals surface area (Å²) in [6.45, 7) is 0.708. The minimum Gasteiger partial charge on any atom is -0.383 e. The Morgan fingerprint density at radius 2 is 1.79 bits per heavy atom. The number of benzene rings is 2. The highest BCUT2D eigenvalue weighted by atomic mass is 32.2. The number of amides is 1. The first kappa shape index (κ1) is 23.8. The topological polar surface area (TPSA) is 79.8 Å². The van der Waals surface area contributed by atoms with Gasteiger partial charge in [-0.25, -0.2) is 13.4 Å². The molecule has 0 N–H and O–H groups in total. The highest BCUT2D eigenvalue weighted by molar-refractivity contribution is 7.89. The van der Waals surface area contributed by atoms with E-state index < -0.39 is 10.0 Å². The molecule has 0 unspecified atom stereocenters. The number of thiazole rings is 1. The molecule has 0 saturated heterocycles. The number of sulfonamides is 1. The van der Waals surface area contributed by atoms with E-state index in [1.165, 1.54) is 27.8 Å². The van der Waals surface area contributed by atoms with Gasteiger partial charge in [0.1, 0.15) is 0 Å². The summed E-state index contributed by atoms with van der Waals surface area (Å²) in [6.07, 6.45) is 5.06. The molecule has 33 heavy (non-hydrogen) atoms. The average molecular weight is 488 g/mol. The molecule has 1 aliphatic rings. The molecular formula is C24H29N3O4S2. The molecular weight excluding hydrogens is 458 g/mol. The van der Waals surface area contributed by atoms with E-state index in [0.29, 0.717) is 23.8 Å². The Hall–Kier alpha value is -2.33. The number of fused-ring (bicyclic) bond motifs is 1. The number of nitrogens with zero attached hydrogens (tertiary/aromatic N) is 3. The summed E-state index contributed by atoms with van der Waals surface area (Å²) in [4.78, 5) is 19.8. The molecule has 0 radical (unpaired) electrons. The van der Waals surface area contributed by atoms with Gasteiger partial charge in [0.15, 0.2) is 5.13 Å². The highest BCUT2D eigenvalue weighted by Crippen LogP contribution is 2.30. The number of aromatic nitrogens is 1. The Morgan fingerprint density at radius 1 is 1.09 bits per heavy atom. The molecule has 0 atom stereocenters. The second-order valence-corrected chi connectivity index (χ2v) is 11.3. The van der Waals surface area contributed by atoms with E-state index in [0.717, 1.165) is 42.3 Å². The average Bonchev–Trinajstić information content (AvgIpc) is 3.28. The van der Waals surface area contributed by atoms with Crippen molar-refractivity contribution in [3.63, 3.8) is 0 Å². The lowest BCUT2D eigenvalue weighted by Gasteiger charge is -2.30. The molecule has 176 valence electrons. The SMILES string of the molecule is COCCN(C(=O)c1ccc(S(=O)(=O)N(C)C2CCCCC2)cc1)c1nc2ccccc2s1. The van der Waals surface area contributed by atoms with Crippen LogP contribution in [0.3, 0.4) is 0 Å². The van der Waals surface area contributed by atoms with E-state index in [1.54, 1.807) is 31.2 Å². The van der Waals surface area contributed by atoms with Gasteiger partial charge in [-0.2, -0.15) is 4.31 Å². The van der Waals surface area contributed by atoms with Crippen LogP contribution in [-0.4, -0.2) is 57.0 Å². The first-order valence-electron chi connectivity index (χ1n) is 11.2. The summed E-state index contributed by atoms with van der Waals surface area (Å²) in [5.74, 6) is -0.240. The van der Waals surface area contributed by atoms with Crippen LogP contribution < -0.4 is 4.90 Å². The summed E-state index contributed by atoms with van der Waals surface area (Å²) in [6, 6.07) is 14.0. The van der Waals surface area contributed by atoms with Crippen LogP contribution in [0.2, 0.25) is 0 Å². The van der Waals surface area contributed by atoms with Gasteiger partial charge >= 0.3 is 0 Å². The Kier molecular flexibility index (Phi) is 7.43. The number of anilines is 1. The smallest absolute Gasteiger partial charge is 0.260 e. The maximum Gasteiger partial charge on any atom is 0.260 e. The number of methoxy groups -OCH3 is 1. The number of hydrogen-bond acceptors (Lipinski definition) is 6. The van der Waals surface area contributed by atoms with Gasteiger partial charge in [-0.05, 0) is 49.2 Å². The van der Waals surface area contributed by atoms with Gasteiger partial charge in [0.05, 0.1) is 28.3 Å². The van der Waals surface area contributed by atoms with Crippen molar-refractivity contribution in [3.8, 4) is 0 Å². The van der Waals surface area contributed by atoms with Gasteiger partial charge < -0.3 is 4.74 Å². The van der Waals surface area contributed by atoms with E-state index in [1.807, 2.05) is 24.3 Å². The van der Waals surface area contributed by atoms with Crippen LogP contribution in [0.15, 0.2) is 53.4 Å². The predicted octanol–water partition coefficient (Wildman–Crippen LogP) is 4.54. The number of carbonyl (C=O) groups excluding carboxylic acids is 1. The summed E-state index contributed by atoms with van der Waals surface area (Å²) in [5, 5.41) is 0.590. The normalized spacial score (nSPS) is 15.2. The van der Waals surface area contributed by atoms with Crippen LogP contribution in [0.25, 0.3) is 10.2 Å². The van der Waals surface area contributed by atoms with E-state index >= 15 is 0 Å². The van der Waals surface area contributed by atoms with Crippen LogP contribution in [0, 0.1) is 0 Å². The van der Waals surface area contributed by atoms with E-state index in [2.05, 4.69) is 4.98 Å². The number of carbonyl (C=O) groups is 1. The fourth-order valence-corrected chi connectivity index (χ4v) is 6.58. The van der Waals surface area contributed by atoms with Gasteiger partial charge in [-0.15, -0.1) is 0 Å². The fraction of sp³-hybridized carbons (Fsp3) is 0.417. The number of ether oxygens (including phenoxy) is 1. The van der Waals surface area contributed by atoms with Crippen molar-refractivity contribution in [1.29, 1.82) is 0 Å². The lowest BCUT2D eigenvalue weighted by Crippen LogP contribution is -2.38. The molecule has 2 aromatic carbocycles. The molecule has 1 aliphatic carbocycles. The standard InChI is InChI=1S/C24H29N3O4S2/c1-26(19-8-4-3-5-9-19)33(29,30)20-14-12-18(13-15-20)23(28)27(16-17-31-2)24-25-21-10-6-7-11-22(21)32-24/h6-7,10-15,19H,3-5,8-9,16-17H2,1-2H3. The van der Waals surface area contributed by atoms with Crippen LogP contribution in [0.4, 0.5) is 5.13 Å². The lowest BCUT2D eigenvalue weighted by atomic mass is 9.96. The van der Waals surface area contributed by atoms with Crippen molar-refractivity contribution >= 4 is 42.6 Å². The van der Waals surface area contributed by atoms with Crippen LogP contribution in [0.1, 0.15) is 42.5 Å². The van der Waals surface area contributed by atoms with Crippen molar-refractivity contribution in [2.24, 2.45) is 0 Å². The molecule has 1 saturated carbocycles. The van der Waals surface area contributed by atoms with Gasteiger partial charge in [0.25, 0.3) is 5.91 Å². The minimum absolute atomic E-state index is 0.0358. The molecule has 7 nitrogen and oxygen atoms in total. The summed E-state index contributed by atoms with van der Waals surface area (Å²) >= 11 is 1.44. The zero-order chi connectivity index (χ0) is 23.4. The summed E-state index contributed by atoms with van der Waals surface area (Å²) < 4.78 is 33.9. The lowest BCUT2D eigenvalue weighted by molar-refractivity contribution is 0.0976. The zero-order valence-corrected chi connectivity index (χ0v) is 20.6. The van der Waals surface area contributed by atoms with Crippen molar-refractivity contribution < 1.29 is 17.9 Å². The monoisotopic (exact) mass is 487 g/mol. The fourth-order valence-electron chi connectivity index (χ4n) is 4.17. The molecule has 0 aliphatic heterocycles. The third-order valence-electron chi connectivity index (χ3n) is 6.14. The summed E-state index contributed by atoms with van der Waals surface area (Å²) in [7, 11) is -0.363. The quantitative estimate of drug-likeness (QED) is 0.466. The van der Waals surface area contributed by atoms with E-state index in [4.69, 9.17) is 4.74 Å². The molecule has 0 bridgehead atoms. The van der Waals surface area contributed by atoms with Gasteiger partial charge in [-0.3, -0.25) is 9.69 Å². The number of hydrogen-bond donors (Lipinski definition) is 0. The molecule has 3 aromatic rings. The molecule has 9 heteroatoms. The van der Waals surface area contributed by atoms with E-state index in [9.17, 15) is 13.2 Å². The van der Waals surface area contributed by atoms with Crippen molar-refractivity contribution in [2.45, 2.75) is 43.0 Å². The number of para-hydroxylation sites is 1. The first-order valence-corrected chi connectivity index (χ1v) is 13.4. The van der Waals surface area contributed by atoms with Crippen molar-refractivity contribution in [1.82, 2.24) is 9.29 Å². The third-order valence-corrected chi connectivity index (χ3v) is 9.13. The maximum atomic E-state index is 13.3.